The zero-order valence-corrected chi connectivity index (χ0v) is 13.5. The van der Waals surface area contributed by atoms with Crippen LogP contribution in [0, 0.1) is 11.3 Å². The number of nitrogens with zero attached hydrogens (tertiary/aromatic N) is 1. The first-order chi connectivity index (χ1) is 10.3. The van der Waals surface area contributed by atoms with Gasteiger partial charge in [0.05, 0.1) is 0 Å². The Bertz CT molecular complexity index is 349. The molecule has 4 rings (SSSR count). The van der Waals surface area contributed by atoms with Crippen molar-refractivity contribution in [2.75, 3.05) is 32.8 Å². The van der Waals surface area contributed by atoms with E-state index in [4.69, 9.17) is 4.74 Å². The first-order valence-electron chi connectivity index (χ1n) is 9.40. The highest BCUT2D eigenvalue weighted by Gasteiger charge is 2.42. The first-order valence-corrected chi connectivity index (χ1v) is 9.40. The van der Waals surface area contributed by atoms with E-state index in [0.717, 1.165) is 31.2 Å². The Morgan fingerprint density at radius 1 is 1.00 bits per heavy atom. The van der Waals surface area contributed by atoms with Gasteiger partial charge in [0.1, 0.15) is 0 Å². The van der Waals surface area contributed by atoms with Crippen molar-refractivity contribution in [3.05, 3.63) is 0 Å². The van der Waals surface area contributed by atoms with Crippen LogP contribution in [0.5, 0.6) is 0 Å². The molecule has 0 amide bonds. The van der Waals surface area contributed by atoms with Gasteiger partial charge in [0, 0.05) is 38.4 Å². The maximum absolute atomic E-state index is 5.67. The topological polar surface area (TPSA) is 24.5 Å². The highest BCUT2D eigenvalue weighted by Crippen LogP contribution is 2.40. The van der Waals surface area contributed by atoms with E-state index in [1.54, 1.807) is 0 Å². The maximum Gasteiger partial charge on any atom is 0.0472 e. The number of nitrogens with one attached hydrogen (secondary N) is 1. The second kappa shape index (κ2) is 6.17. The van der Waals surface area contributed by atoms with Gasteiger partial charge in [0.15, 0.2) is 0 Å². The minimum Gasteiger partial charge on any atom is -0.381 e. The molecule has 0 aromatic rings. The maximum atomic E-state index is 5.67. The predicted molar refractivity (Wildman–Crippen MR) is 85.4 cm³/mol. The smallest absolute Gasteiger partial charge is 0.0472 e. The Morgan fingerprint density at radius 2 is 1.81 bits per heavy atom. The summed E-state index contributed by atoms with van der Waals surface area (Å²) in [5, 5.41) is 3.83. The Morgan fingerprint density at radius 3 is 2.62 bits per heavy atom. The molecule has 120 valence electrons. The molecule has 4 aliphatic rings. The van der Waals surface area contributed by atoms with Crippen LogP contribution >= 0.6 is 0 Å². The molecule has 0 radical (unpaired) electrons. The quantitative estimate of drug-likeness (QED) is 0.843. The van der Waals surface area contributed by atoms with Crippen molar-refractivity contribution in [3.8, 4) is 0 Å². The van der Waals surface area contributed by atoms with E-state index in [9.17, 15) is 0 Å². The normalized spacial score (nSPS) is 36.6. The van der Waals surface area contributed by atoms with Crippen molar-refractivity contribution >= 4 is 0 Å². The summed E-state index contributed by atoms with van der Waals surface area (Å²) in [5.74, 6) is 1.02. The summed E-state index contributed by atoms with van der Waals surface area (Å²) in [6, 6.07) is 1.75. The van der Waals surface area contributed by atoms with E-state index in [-0.39, 0.29) is 0 Å². The van der Waals surface area contributed by atoms with Crippen LogP contribution in [0.4, 0.5) is 0 Å². The van der Waals surface area contributed by atoms with Gasteiger partial charge >= 0.3 is 0 Å². The Balaban J connectivity index is 1.40. The molecule has 1 N–H and O–H groups in total. The molecule has 2 aliphatic heterocycles. The second-order valence-electron chi connectivity index (χ2n) is 8.14. The SMILES string of the molecule is C1CCC2C(C1)CCN2CC1(CNC2CC2)CCOCC1. The van der Waals surface area contributed by atoms with Crippen molar-refractivity contribution in [1.82, 2.24) is 10.2 Å². The fourth-order valence-electron chi connectivity index (χ4n) is 4.97. The molecular formula is C18H32N2O. The highest BCUT2D eigenvalue weighted by atomic mass is 16.5. The summed E-state index contributed by atoms with van der Waals surface area (Å²) >= 11 is 0. The third-order valence-corrected chi connectivity index (χ3v) is 6.56. The van der Waals surface area contributed by atoms with Crippen molar-refractivity contribution in [2.24, 2.45) is 11.3 Å². The van der Waals surface area contributed by atoms with E-state index in [0.29, 0.717) is 5.41 Å². The molecule has 2 saturated carbocycles. The molecular weight excluding hydrogens is 260 g/mol. The molecule has 3 heteroatoms. The number of hydrogen-bond acceptors (Lipinski definition) is 3. The average molecular weight is 292 g/mol. The molecule has 2 saturated heterocycles. The lowest BCUT2D eigenvalue weighted by molar-refractivity contribution is -0.0100. The molecule has 0 bridgehead atoms. The summed E-state index contributed by atoms with van der Waals surface area (Å²) in [4.78, 5) is 2.88. The molecule has 2 atom stereocenters. The second-order valence-corrected chi connectivity index (χ2v) is 8.14. The van der Waals surface area contributed by atoms with E-state index in [2.05, 4.69) is 10.2 Å². The molecule has 0 spiro atoms. The van der Waals surface area contributed by atoms with Crippen LogP contribution in [0.25, 0.3) is 0 Å². The Kier molecular flexibility index (Phi) is 4.25. The lowest BCUT2D eigenvalue weighted by Gasteiger charge is -2.43. The lowest BCUT2D eigenvalue weighted by Crippen LogP contribution is -2.49. The fraction of sp³-hybridized carbons (Fsp3) is 1.00. The van der Waals surface area contributed by atoms with Crippen LogP contribution < -0.4 is 5.32 Å². The minimum atomic E-state index is 0.493. The van der Waals surface area contributed by atoms with Crippen LogP contribution in [0.15, 0.2) is 0 Å². The van der Waals surface area contributed by atoms with E-state index >= 15 is 0 Å². The zero-order chi connectivity index (χ0) is 14.1. The molecule has 21 heavy (non-hydrogen) atoms. The molecule has 2 unspecified atom stereocenters. The summed E-state index contributed by atoms with van der Waals surface area (Å²) in [7, 11) is 0. The monoisotopic (exact) mass is 292 g/mol. The van der Waals surface area contributed by atoms with Crippen LogP contribution in [0.2, 0.25) is 0 Å². The van der Waals surface area contributed by atoms with Crippen LogP contribution in [-0.2, 0) is 4.74 Å². The van der Waals surface area contributed by atoms with Crippen molar-refractivity contribution in [1.29, 1.82) is 0 Å². The van der Waals surface area contributed by atoms with Gasteiger partial charge in [-0.15, -0.1) is 0 Å². The average Bonchev–Trinajstić information content (AvgIpc) is 3.28. The fourth-order valence-corrected chi connectivity index (χ4v) is 4.97. The van der Waals surface area contributed by atoms with Crippen molar-refractivity contribution < 1.29 is 4.74 Å². The van der Waals surface area contributed by atoms with Gasteiger partial charge in [-0.1, -0.05) is 12.8 Å². The van der Waals surface area contributed by atoms with Gasteiger partial charge in [-0.3, -0.25) is 4.90 Å². The van der Waals surface area contributed by atoms with Gasteiger partial charge in [-0.2, -0.15) is 0 Å². The summed E-state index contributed by atoms with van der Waals surface area (Å²) in [5.41, 5.74) is 0.493. The third-order valence-electron chi connectivity index (χ3n) is 6.56. The highest BCUT2D eigenvalue weighted by molar-refractivity contribution is 4.96. The van der Waals surface area contributed by atoms with Gasteiger partial charge < -0.3 is 10.1 Å². The number of hydrogen-bond donors (Lipinski definition) is 1. The Labute approximate surface area is 129 Å². The van der Waals surface area contributed by atoms with E-state index in [1.807, 2.05) is 0 Å². The molecule has 2 heterocycles. The molecule has 3 nitrogen and oxygen atoms in total. The third kappa shape index (κ3) is 3.30. The predicted octanol–water partition coefficient (Wildman–Crippen LogP) is 2.80. The number of rotatable bonds is 5. The number of likely N-dealkylation sites (tertiary alicyclic amines) is 1. The zero-order valence-electron chi connectivity index (χ0n) is 13.5. The van der Waals surface area contributed by atoms with Crippen molar-refractivity contribution in [3.63, 3.8) is 0 Å². The molecule has 0 aromatic carbocycles. The van der Waals surface area contributed by atoms with Gasteiger partial charge in [-0.25, -0.2) is 0 Å². The lowest BCUT2D eigenvalue weighted by atomic mass is 9.78. The standard InChI is InChI=1S/C18H32N2O/c1-2-4-17-15(3-1)7-10-20(17)14-18(8-11-21-12-9-18)13-19-16-5-6-16/h15-17,19H,1-14H2. The first kappa shape index (κ1) is 14.5. The summed E-state index contributed by atoms with van der Waals surface area (Å²) < 4.78 is 5.67. The van der Waals surface area contributed by atoms with Gasteiger partial charge in [0.2, 0.25) is 0 Å². The molecule has 0 aromatic heterocycles. The summed E-state index contributed by atoms with van der Waals surface area (Å²) in [6.45, 7) is 5.89. The largest absolute Gasteiger partial charge is 0.381 e. The molecule has 2 aliphatic carbocycles. The summed E-state index contributed by atoms with van der Waals surface area (Å²) in [6.07, 6.45) is 12.7. The van der Waals surface area contributed by atoms with Gasteiger partial charge in [0.25, 0.3) is 0 Å². The van der Waals surface area contributed by atoms with Crippen molar-refractivity contribution in [2.45, 2.75) is 69.9 Å². The number of fused-ring (bicyclic) bond motifs is 1. The van der Waals surface area contributed by atoms with Crippen LogP contribution in [-0.4, -0.2) is 49.8 Å². The van der Waals surface area contributed by atoms with E-state index in [1.165, 1.54) is 77.4 Å². The van der Waals surface area contributed by atoms with Gasteiger partial charge in [-0.05, 0) is 62.8 Å². The molecule has 4 fully saturated rings. The van der Waals surface area contributed by atoms with E-state index < -0.39 is 0 Å². The van der Waals surface area contributed by atoms with Crippen LogP contribution in [0.3, 0.4) is 0 Å². The van der Waals surface area contributed by atoms with Crippen LogP contribution in [0.1, 0.15) is 57.8 Å². The Hall–Kier alpha value is -0.120. The number of ether oxygens (including phenoxy) is 1. The minimum absolute atomic E-state index is 0.493.